The number of carbonyl (C=O) groups is 1. The molecular formula is C18H25N3OS2. The van der Waals surface area contributed by atoms with E-state index >= 15 is 0 Å². The van der Waals surface area contributed by atoms with Gasteiger partial charge in [-0.3, -0.25) is 4.79 Å². The third-order valence-corrected chi connectivity index (χ3v) is 6.48. The predicted octanol–water partition coefficient (Wildman–Crippen LogP) is 4.21. The van der Waals surface area contributed by atoms with Crippen molar-refractivity contribution < 1.29 is 4.79 Å². The Labute approximate surface area is 151 Å². The van der Waals surface area contributed by atoms with Gasteiger partial charge in [-0.05, 0) is 58.4 Å². The summed E-state index contributed by atoms with van der Waals surface area (Å²) in [5, 5.41) is 5.00. The van der Waals surface area contributed by atoms with Crippen molar-refractivity contribution >= 4 is 39.2 Å². The minimum absolute atomic E-state index is 0.0528. The maximum absolute atomic E-state index is 12.4. The molecule has 2 aromatic rings. The molecule has 0 aromatic carbocycles. The lowest BCUT2D eigenvalue weighted by Gasteiger charge is -2.23. The van der Waals surface area contributed by atoms with E-state index in [2.05, 4.69) is 22.2 Å². The molecule has 1 N–H and O–H groups in total. The fourth-order valence-corrected chi connectivity index (χ4v) is 5.39. The van der Waals surface area contributed by atoms with Crippen LogP contribution in [0.2, 0.25) is 0 Å². The van der Waals surface area contributed by atoms with Crippen LogP contribution in [0.3, 0.4) is 0 Å². The van der Waals surface area contributed by atoms with Crippen LogP contribution in [0.4, 0.5) is 0 Å². The second kappa shape index (κ2) is 6.64. The average Bonchev–Trinajstić information content (AvgIpc) is 2.83. The van der Waals surface area contributed by atoms with Crippen LogP contribution in [0.15, 0.2) is 11.4 Å². The number of thioether (sulfide) groups is 1. The molecule has 0 saturated carbocycles. The van der Waals surface area contributed by atoms with Gasteiger partial charge in [0.05, 0.1) is 5.25 Å². The van der Waals surface area contributed by atoms with Crippen molar-refractivity contribution in [1.29, 1.82) is 0 Å². The lowest BCUT2D eigenvalue weighted by Crippen LogP contribution is -2.44. The van der Waals surface area contributed by atoms with Crippen LogP contribution in [0.25, 0.3) is 10.2 Å². The largest absolute Gasteiger partial charge is 0.351 e. The molecule has 4 nitrogen and oxygen atoms in total. The zero-order valence-corrected chi connectivity index (χ0v) is 16.6. The van der Waals surface area contributed by atoms with Gasteiger partial charge in [0, 0.05) is 15.8 Å². The second-order valence-corrected chi connectivity index (χ2v) is 10.1. The molecule has 2 heterocycles. The minimum Gasteiger partial charge on any atom is -0.351 e. The number of thiophene rings is 1. The molecule has 6 heteroatoms. The molecule has 0 saturated heterocycles. The number of aromatic nitrogens is 2. The number of hydrogen-bond acceptors (Lipinski definition) is 5. The van der Waals surface area contributed by atoms with E-state index in [9.17, 15) is 4.79 Å². The molecule has 24 heavy (non-hydrogen) atoms. The number of aryl methyl sites for hydroxylation is 1. The molecule has 1 aliphatic rings. The van der Waals surface area contributed by atoms with Crippen LogP contribution in [0.1, 0.15) is 51.5 Å². The number of nitrogens with zero attached hydrogens (tertiary/aromatic N) is 2. The van der Waals surface area contributed by atoms with Gasteiger partial charge in [-0.25, -0.2) is 9.97 Å². The lowest BCUT2D eigenvalue weighted by atomic mass is 9.89. The molecule has 0 bridgehead atoms. The van der Waals surface area contributed by atoms with Crippen LogP contribution in [-0.2, 0) is 17.6 Å². The Hall–Kier alpha value is -1.14. The van der Waals surface area contributed by atoms with Gasteiger partial charge in [-0.15, -0.1) is 11.3 Å². The zero-order chi connectivity index (χ0) is 17.5. The standard InChI is InChI=1S/C18H25N3OS2/c1-10-6-7-12-13(8-10)24-17-14(12)16(19-9-20-17)23-11(2)15(22)21-18(3,4)5/h9-11H,6-8H2,1-5H3,(H,21,22)/t10-,11-/m1/s1. The lowest BCUT2D eigenvalue weighted by molar-refractivity contribution is -0.121. The van der Waals surface area contributed by atoms with Gasteiger partial charge < -0.3 is 5.32 Å². The molecule has 0 radical (unpaired) electrons. The summed E-state index contributed by atoms with van der Waals surface area (Å²) in [7, 11) is 0. The van der Waals surface area contributed by atoms with Gasteiger partial charge >= 0.3 is 0 Å². The summed E-state index contributed by atoms with van der Waals surface area (Å²) < 4.78 is 0. The Morgan fingerprint density at radius 1 is 1.42 bits per heavy atom. The second-order valence-electron chi connectivity index (χ2n) is 7.71. The summed E-state index contributed by atoms with van der Waals surface area (Å²) in [6.07, 6.45) is 5.09. The fourth-order valence-electron chi connectivity index (χ4n) is 3.03. The zero-order valence-electron chi connectivity index (χ0n) is 15.0. The number of carbonyl (C=O) groups excluding carboxylic acids is 1. The molecule has 3 rings (SSSR count). The molecule has 0 unspecified atom stereocenters. The predicted molar refractivity (Wildman–Crippen MR) is 102 cm³/mol. The van der Waals surface area contributed by atoms with Crippen molar-refractivity contribution in [2.24, 2.45) is 5.92 Å². The molecule has 0 spiro atoms. The Kier molecular flexibility index (Phi) is 4.89. The Balaban J connectivity index is 1.89. The number of fused-ring (bicyclic) bond motifs is 3. The van der Waals surface area contributed by atoms with Crippen LogP contribution in [-0.4, -0.2) is 26.7 Å². The number of hydrogen-bond donors (Lipinski definition) is 1. The first-order chi connectivity index (χ1) is 11.2. The molecule has 0 aliphatic heterocycles. The van der Waals surface area contributed by atoms with Gasteiger partial charge in [0.15, 0.2) is 0 Å². The third-order valence-electron chi connectivity index (χ3n) is 4.21. The molecule has 0 fully saturated rings. The summed E-state index contributed by atoms with van der Waals surface area (Å²) in [6.45, 7) is 10.3. The topological polar surface area (TPSA) is 54.9 Å². The van der Waals surface area contributed by atoms with Crippen molar-refractivity contribution in [3.05, 3.63) is 16.8 Å². The minimum atomic E-state index is -0.218. The van der Waals surface area contributed by atoms with E-state index in [0.717, 1.165) is 28.6 Å². The van der Waals surface area contributed by atoms with E-state index in [4.69, 9.17) is 0 Å². The summed E-state index contributed by atoms with van der Waals surface area (Å²) in [4.78, 5) is 23.9. The fraction of sp³-hybridized carbons (Fsp3) is 0.611. The van der Waals surface area contributed by atoms with Gasteiger partial charge in [0.2, 0.25) is 5.91 Å². The van der Waals surface area contributed by atoms with E-state index in [1.54, 1.807) is 29.4 Å². The highest BCUT2D eigenvalue weighted by atomic mass is 32.2. The molecule has 2 aromatic heterocycles. The summed E-state index contributed by atoms with van der Waals surface area (Å²) in [5.74, 6) is 0.795. The van der Waals surface area contributed by atoms with Crippen molar-refractivity contribution in [3.8, 4) is 0 Å². The van der Waals surface area contributed by atoms with Gasteiger partial charge in [-0.1, -0.05) is 18.7 Å². The van der Waals surface area contributed by atoms with E-state index < -0.39 is 0 Å². The summed E-state index contributed by atoms with van der Waals surface area (Å²) in [6, 6.07) is 0. The summed E-state index contributed by atoms with van der Waals surface area (Å²) >= 11 is 3.34. The molecule has 130 valence electrons. The van der Waals surface area contributed by atoms with Crippen molar-refractivity contribution in [2.45, 2.75) is 69.7 Å². The quantitative estimate of drug-likeness (QED) is 0.655. The van der Waals surface area contributed by atoms with E-state index in [1.165, 1.54) is 22.2 Å². The Bertz CT molecular complexity index is 763. The number of amides is 1. The summed E-state index contributed by atoms with van der Waals surface area (Å²) in [5.41, 5.74) is 1.20. The first-order valence-electron chi connectivity index (χ1n) is 8.48. The molecule has 1 amide bonds. The normalized spacial score (nSPS) is 19.1. The van der Waals surface area contributed by atoms with E-state index in [0.29, 0.717) is 0 Å². The van der Waals surface area contributed by atoms with Gasteiger partial charge in [-0.2, -0.15) is 0 Å². The maximum atomic E-state index is 12.4. The van der Waals surface area contributed by atoms with Crippen molar-refractivity contribution in [3.63, 3.8) is 0 Å². The highest BCUT2D eigenvalue weighted by Gasteiger charge is 2.26. The van der Waals surface area contributed by atoms with Gasteiger partial charge in [0.25, 0.3) is 0 Å². The van der Waals surface area contributed by atoms with E-state index in [-0.39, 0.29) is 16.7 Å². The molecular weight excluding hydrogens is 338 g/mol. The number of nitrogens with one attached hydrogen (secondary N) is 1. The first kappa shape index (κ1) is 17.7. The van der Waals surface area contributed by atoms with Crippen molar-refractivity contribution in [2.75, 3.05) is 0 Å². The third kappa shape index (κ3) is 3.75. The number of rotatable bonds is 3. The molecule has 2 atom stereocenters. The highest BCUT2D eigenvalue weighted by Crippen LogP contribution is 2.41. The van der Waals surface area contributed by atoms with Gasteiger partial charge in [0.1, 0.15) is 16.2 Å². The Morgan fingerprint density at radius 3 is 2.88 bits per heavy atom. The van der Waals surface area contributed by atoms with Crippen LogP contribution < -0.4 is 5.32 Å². The van der Waals surface area contributed by atoms with Crippen molar-refractivity contribution in [1.82, 2.24) is 15.3 Å². The SMILES string of the molecule is C[C@@H]1CCc2c(sc3ncnc(S[C@H](C)C(=O)NC(C)(C)C)c23)C1. The van der Waals surface area contributed by atoms with Crippen LogP contribution >= 0.6 is 23.1 Å². The molecule has 1 aliphatic carbocycles. The average molecular weight is 364 g/mol. The van der Waals surface area contributed by atoms with Crippen LogP contribution in [0, 0.1) is 5.92 Å². The monoisotopic (exact) mass is 363 g/mol. The first-order valence-corrected chi connectivity index (χ1v) is 10.2. The maximum Gasteiger partial charge on any atom is 0.233 e. The smallest absolute Gasteiger partial charge is 0.233 e. The Morgan fingerprint density at radius 2 is 2.17 bits per heavy atom. The highest BCUT2D eigenvalue weighted by molar-refractivity contribution is 8.00. The van der Waals surface area contributed by atoms with Crippen LogP contribution in [0.5, 0.6) is 0 Å². The van der Waals surface area contributed by atoms with E-state index in [1.807, 2.05) is 27.7 Å².